The Hall–Kier alpha value is -0.430. The van der Waals surface area contributed by atoms with Crippen LogP contribution >= 0.6 is 27.5 Å². The van der Waals surface area contributed by atoms with Crippen LogP contribution in [-0.4, -0.2) is 4.98 Å². The number of hydrogen-bond acceptors (Lipinski definition) is 1. The van der Waals surface area contributed by atoms with Crippen molar-refractivity contribution in [1.29, 1.82) is 0 Å². The topological polar surface area (TPSA) is 12.9 Å². The van der Waals surface area contributed by atoms with Crippen LogP contribution in [0.3, 0.4) is 0 Å². The zero-order chi connectivity index (χ0) is 12.5. The van der Waals surface area contributed by atoms with Crippen LogP contribution in [-0.2, 0) is 12.1 Å². The Morgan fingerprint density at radius 1 is 1.38 bits per heavy atom. The fourth-order valence-corrected chi connectivity index (χ4v) is 2.00. The highest BCUT2D eigenvalue weighted by molar-refractivity contribution is 9.10. The molecule has 1 aromatic heterocycles. The third kappa shape index (κ3) is 2.82. The van der Waals surface area contributed by atoms with E-state index < -0.39 is 39.9 Å². The second-order valence-electron chi connectivity index (χ2n) is 2.80. The molecule has 0 N–H and O–H groups in total. The first-order valence-corrected chi connectivity index (χ1v) is 5.20. The van der Waals surface area contributed by atoms with E-state index >= 15 is 0 Å². The summed E-state index contributed by atoms with van der Waals surface area (Å²) in [5, 5.41) is 0. The van der Waals surface area contributed by atoms with Crippen LogP contribution in [0.4, 0.5) is 22.0 Å². The molecule has 0 radical (unpaired) electrons. The average Bonchev–Trinajstić information content (AvgIpc) is 2.14. The number of halogens is 7. The Balaban J connectivity index is 3.41. The molecule has 0 fully saturated rings. The lowest BCUT2D eigenvalue weighted by Gasteiger charge is -2.14. The lowest BCUT2D eigenvalue weighted by molar-refractivity contribution is -0.139. The maximum atomic E-state index is 12.5. The SMILES string of the molecule is FC(F)c1cc(CCl)c(C(F)(F)F)c(Br)n1. The second-order valence-corrected chi connectivity index (χ2v) is 3.82. The number of alkyl halides is 6. The van der Waals surface area contributed by atoms with Gasteiger partial charge in [-0.05, 0) is 27.6 Å². The van der Waals surface area contributed by atoms with E-state index in [-0.39, 0.29) is 0 Å². The van der Waals surface area contributed by atoms with Crippen LogP contribution in [0, 0.1) is 0 Å². The Bertz CT molecular complexity index is 393. The molecule has 0 aliphatic heterocycles. The number of hydrogen-bond donors (Lipinski definition) is 0. The van der Waals surface area contributed by atoms with Gasteiger partial charge in [0, 0.05) is 5.88 Å². The molecule has 0 unspecified atom stereocenters. The second kappa shape index (κ2) is 4.83. The predicted octanol–water partition coefficient (Wildman–Crippen LogP) is 4.54. The highest BCUT2D eigenvalue weighted by Crippen LogP contribution is 2.38. The molecule has 0 amide bonds. The van der Waals surface area contributed by atoms with Gasteiger partial charge in [-0.2, -0.15) is 13.2 Å². The van der Waals surface area contributed by atoms with Crippen molar-refractivity contribution in [2.24, 2.45) is 0 Å². The van der Waals surface area contributed by atoms with Crippen LogP contribution in [0.25, 0.3) is 0 Å². The van der Waals surface area contributed by atoms with Crippen molar-refractivity contribution in [3.05, 3.63) is 27.5 Å². The van der Waals surface area contributed by atoms with E-state index in [1.165, 1.54) is 0 Å². The van der Waals surface area contributed by atoms with E-state index in [2.05, 4.69) is 20.9 Å². The molecule has 1 aromatic rings. The molecule has 1 rings (SSSR count). The molecule has 1 nitrogen and oxygen atoms in total. The molecule has 0 aromatic carbocycles. The monoisotopic (exact) mass is 323 g/mol. The van der Waals surface area contributed by atoms with Crippen LogP contribution in [0.5, 0.6) is 0 Å². The summed E-state index contributed by atoms with van der Waals surface area (Å²) < 4.78 is 61.4. The van der Waals surface area contributed by atoms with Crippen LogP contribution in [0.1, 0.15) is 23.2 Å². The quantitative estimate of drug-likeness (QED) is 0.442. The van der Waals surface area contributed by atoms with Gasteiger partial charge < -0.3 is 0 Å². The van der Waals surface area contributed by atoms with Gasteiger partial charge in [-0.15, -0.1) is 11.6 Å². The fourth-order valence-electron chi connectivity index (χ4n) is 1.10. The molecule has 0 spiro atoms. The Labute approximate surface area is 101 Å². The minimum atomic E-state index is -4.68. The molecule has 0 aliphatic rings. The van der Waals surface area contributed by atoms with Crippen molar-refractivity contribution in [1.82, 2.24) is 4.98 Å². The number of aromatic nitrogens is 1. The summed E-state index contributed by atoms with van der Waals surface area (Å²) in [4.78, 5) is 3.14. The molecule has 1 heterocycles. The van der Waals surface area contributed by atoms with Crippen LogP contribution in [0.15, 0.2) is 10.7 Å². The van der Waals surface area contributed by atoms with Crippen molar-refractivity contribution in [2.45, 2.75) is 18.5 Å². The summed E-state index contributed by atoms with van der Waals surface area (Å²) >= 11 is 7.81. The third-order valence-electron chi connectivity index (χ3n) is 1.73. The first-order valence-electron chi connectivity index (χ1n) is 3.88. The minimum absolute atomic E-state index is 0.425. The summed E-state index contributed by atoms with van der Waals surface area (Å²) in [6.07, 6.45) is -7.63. The molecule has 8 heteroatoms. The average molecular weight is 324 g/mol. The predicted molar refractivity (Wildman–Crippen MR) is 51.5 cm³/mol. The van der Waals surface area contributed by atoms with Crippen molar-refractivity contribution < 1.29 is 22.0 Å². The number of nitrogens with zero attached hydrogens (tertiary/aromatic N) is 1. The Kier molecular flexibility index (Phi) is 4.12. The van der Waals surface area contributed by atoms with Gasteiger partial charge in [0.2, 0.25) is 0 Å². The standard InChI is InChI=1S/C8H4BrClF5N/c9-6-5(8(13,14)15)3(2-10)1-4(16-6)7(11)12/h1,7H,2H2. The molecule has 0 bridgehead atoms. The van der Waals surface area contributed by atoms with Gasteiger partial charge >= 0.3 is 6.18 Å². The molecule has 0 atom stereocenters. The van der Waals surface area contributed by atoms with Crippen LogP contribution in [0.2, 0.25) is 0 Å². The van der Waals surface area contributed by atoms with Gasteiger partial charge in [0.15, 0.2) is 0 Å². The van der Waals surface area contributed by atoms with Gasteiger partial charge in [-0.1, -0.05) is 0 Å². The number of pyridine rings is 1. The number of rotatable bonds is 2. The first kappa shape index (κ1) is 13.6. The summed E-state index contributed by atoms with van der Waals surface area (Å²) in [5.41, 5.74) is -2.28. The Morgan fingerprint density at radius 2 is 1.94 bits per heavy atom. The summed E-state index contributed by atoms with van der Waals surface area (Å²) in [5.74, 6) is -0.518. The third-order valence-corrected chi connectivity index (χ3v) is 2.59. The van der Waals surface area contributed by atoms with Gasteiger partial charge in [-0.25, -0.2) is 13.8 Å². The lowest BCUT2D eigenvalue weighted by atomic mass is 10.1. The summed E-state index contributed by atoms with van der Waals surface area (Å²) in [6.45, 7) is 0. The maximum Gasteiger partial charge on any atom is 0.419 e. The normalized spacial score (nSPS) is 12.2. The van der Waals surface area contributed by atoms with Crippen molar-refractivity contribution in [2.75, 3.05) is 0 Å². The maximum absolute atomic E-state index is 12.5. The fraction of sp³-hybridized carbons (Fsp3) is 0.375. The van der Waals surface area contributed by atoms with Gasteiger partial charge in [-0.3, -0.25) is 0 Å². The van der Waals surface area contributed by atoms with E-state index in [0.29, 0.717) is 6.07 Å². The lowest BCUT2D eigenvalue weighted by Crippen LogP contribution is -2.12. The summed E-state index contributed by atoms with van der Waals surface area (Å²) in [7, 11) is 0. The van der Waals surface area contributed by atoms with E-state index in [9.17, 15) is 22.0 Å². The van der Waals surface area contributed by atoms with Crippen molar-refractivity contribution >= 4 is 27.5 Å². The Morgan fingerprint density at radius 3 is 2.31 bits per heavy atom. The van der Waals surface area contributed by atoms with E-state index in [1.54, 1.807) is 0 Å². The highest BCUT2D eigenvalue weighted by atomic mass is 79.9. The zero-order valence-electron chi connectivity index (χ0n) is 7.45. The van der Waals surface area contributed by atoms with Gasteiger partial charge in [0.1, 0.15) is 10.3 Å². The van der Waals surface area contributed by atoms with E-state index in [1.807, 2.05) is 0 Å². The van der Waals surface area contributed by atoms with Crippen molar-refractivity contribution in [3.63, 3.8) is 0 Å². The van der Waals surface area contributed by atoms with Gasteiger partial charge in [0.25, 0.3) is 6.43 Å². The minimum Gasteiger partial charge on any atom is -0.239 e. The molecule has 0 saturated heterocycles. The molecule has 0 saturated carbocycles. The molecule has 0 aliphatic carbocycles. The van der Waals surface area contributed by atoms with Crippen molar-refractivity contribution in [3.8, 4) is 0 Å². The molecular weight excluding hydrogens is 320 g/mol. The largest absolute Gasteiger partial charge is 0.419 e. The van der Waals surface area contributed by atoms with E-state index in [0.717, 1.165) is 0 Å². The first-order chi connectivity index (χ1) is 7.27. The van der Waals surface area contributed by atoms with Gasteiger partial charge in [0.05, 0.1) is 5.56 Å². The molecular formula is C8H4BrClF5N. The zero-order valence-corrected chi connectivity index (χ0v) is 9.80. The van der Waals surface area contributed by atoms with Crippen LogP contribution < -0.4 is 0 Å². The highest BCUT2D eigenvalue weighted by Gasteiger charge is 2.37. The molecule has 90 valence electrons. The van der Waals surface area contributed by atoms with E-state index in [4.69, 9.17) is 11.6 Å². The summed E-state index contributed by atoms with van der Waals surface area (Å²) in [6, 6.07) is 0.658. The smallest absolute Gasteiger partial charge is 0.239 e. The molecule has 16 heavy (non-hydrogen) atoms.